The first-order valence-electron chi connectivity index (χ1n) is 8.20. The molecule has 0 saturated heterocycles. The Morgan fingerprint density at radius 2 is 1.77 bits per heavy atom. The van der Waals surface area contributed by atoms with E-state index in [0.29, 0.717) is 0 Å². The molecule has 0 aliphatic rings. The first kappa shape index (κ1) is 16.8. The van der Waals surface area contributed by atoms with Crippen molar-refractivity contribution >= 4 is 44.6 Å². The Morgan fingerprint density at radius 3 is 2.58 bits per heavy atom. The number of nitrogens with zero attached hydrogens (tertiary/aromatic N) is 2. The molecule has 1 N–H and O–H groups in total. The van der Waals surface area contributed by atoms with Crippen molar-refractivity contribution in [1.82, 2.24) is 4.98 Å². The lowest BCUT2D eigenvalue weighted by molar-refractivity contribution is 1.27. The van der Waals surface area contributed by atoms with E-state index in [1.807, 2.05) is 48.7 Å². The highest BCUT2D eigenvalue weighted by Gasteiger charge is 2.05. The van der Waals surface area contributed by atoms with E-state index in [2.05, 4.69) is 45.8 Å². The normalized spacial score (nSPS) is 11.7. The number of benzene rings is 3. The van der Waals surface area contributed by atoms with Crippen molar-refractivity contribution in [2.24, 2.45) is 5.10 Å². The van der Waals surface area contributed by atoms with Crippen LogP contribution in [0.15, 0.2) is 77.2 Å². The van der Waals surface area contributed by atoms with Crippen LogP contribution in [-0.4, -0.2) is 10.7 Å². The van der Waals surface area contributed by atoms with Crippen LogP contribution in [0.2, 0.25) is 5.02 Å². The molecule has 0 aliphatic heterocycles. The molecular formula is C21H16ClN3S. The zero-order valence-corrected chi connectivity index (χ0v) is 15.7. The zero-order chi connectivity index (χ0) is 17.9. The standard InChI is InChI=1S/C21H16ClN3S/c1-14(17-7-6-15-4-2-3-5-18(15)12-17)24-25-21-23-20(13-26-21)16-8-10-19(22)11-9-16/h2-13H,1H3,(H,23,25)/b24-14-. The second-order valence-corrected chi connectivity index (χ2v) is 7.21. The van der Waals surface area contributed by atoms with Crippen molar-refractivity contribution in [1.29, 1.82) is 0 Å². The van der Waals surface area contributed by atoms with Crippen molar-refractivity contribution in [2.75, 3.05) is 5.43 Å². The highest BCUT2D eigenvalue weighted by molar-refractivity contribution is 7.14. The minimum Gasteiger partial charge on any atom is -0.252 e. The summed E-state index contributed by atoms with van der Waals surface area (Å²) in [6.45, 7) is 1.99. The number of hydrogen-bond acceptors (Lipinski definition) is 4. The number of hydrogen-bond donors (Lipinski definition) is 1. The average Bonchev–Trinajstić information content (AvgIpc) is 3.15. The molecule has 26 heavy (non-hydrogen) atoms. The van der Waals surface area contributed by atoms with Gasteiger partial charge in [-0.2, -0.15) is 5.10 Å². The zero-order valence-electron chi connectivity index (χ0n) is 14.1. The van der Waals surface area contributed by atoms with Gasteiger partial charge in [0.15, 0.2) is 0 Å². The van der Waals surface area contributed by atoms with Gasteiger partial charge in [0.25, 0.3) is 0 Å². The van der Waals surface area contributed by atoms with Gasteiger partial charge in [0.2, 0.25) is 5.13 Å². The number of anilines is 1. The topological polar surface area (TPSA) is 37.3 Å². The van der Waals surface area contributed by atoms with E-state index in [-0.39, 0.29) is 0 Å². The Bertz CT molecular complexity index is 1080. The highest BCUT2D eigenvalue weighted by Crippen LogP contribution is 2.26. The second kappa shape index (κ2) is 7.28. The number of nitrogens with one attached hydrogen (secondary N) is 1. The monoisotopic (exact) mass is 377 g/mol. The van der Waals surface area contributed by atoms with Gasteiger partial charge in [-0.3, -0.25) is 5.43 Å². The van der Waals surface area contributed by atoms with Gasteiger partial charge in [-0.05, 0) is 41.5 Å². The molecule has 3 nitrogen and oxygen atoms in total. The average molecular weight is 378 g/mol. The molecule has 0 radical (unpaired) electrons. The number of halogens is 1. The van der Waals surface area contributed by atoms with Crippen LogP contribution in [0.1, 0.15) is 12.5 Å². The van der Waals surface area contributed by atoms with E-state index in [1.165, 1.54) is 22.1 Å². The predicted octanol–water partition coefficient (Wildman–Crippen LogP) is 6.45. The van der Waals surface area contributed by atoms with Gasteiger partial charge in [0.1, 0.15) is 0 Å². The van der Waals surface area contributed by atoms with Crippen molar-refractivity contribution < 1.29 is 0 Å². The van der Waals surface area contributed by atoms with Gasteiger partial charge >= 0.3 is 0 Å². The minimum absolute atomic E-state index is 0.720. The van der Waals surface area contributed by atoms with Crippen LogP contribution in [0, 0.1) is 0 Å². The molecule has 0 aliphatic carbocycles. The van der Waals surface area contributed by atoms with Crippen LogP contribution in [0.4, 0.5) is 5.13 Å². The van der Waals surface area contributed by atoms with E-state index in [4.69, 9.17) is 11.6 Å². The molecule has 0 unspecified atom stereocenters. The Balaban J connectivity index is 1.52. The SMILES string of the molecule is C/C(=N/Nc1nc(-c2ccc(Cl)cc2)cs1)c1ccc2ccccc2c1. The molecular weight excluding hydrogens is 362 g/mol. The van der Waals surface area contributed by atoms with Gasteiger partial charge in [0, 0.05) is 16.0 Å². The molecule has 128 valence electrons. The summed E-state index contributed by atoms with van der Waals surface area (Å²) in [4.78, 5) is 4.58. The van der Waals surface area contributed by atoms with E-state index in [1.54, 1.807) is 0 Å². The van der Waals surface area contributed by atoms with Gasteiger partial charge in [-0.15, -0.1) is 11.3 Å². The molecule has 0 fully saturated rings. The smallest absolute Gasteiger partial charge is 0.203 e. The highest BCUT2D eigenvalue weighted by atomic mass is 35.5. The quantitative estimate of drug-likeness (QED) is 0.327. The third kappa shape index (κ3) is 3.62. The molecule has 0 amide bonds. The van der Waals surface area contributed by atoms with Crippen LogP contribution in [0.3, 0.4) is 0 Å². The Labute approximate surface area is 161 Å². The summed E-state index contributed by atoms with van der Waals surface area (Å²) in [5, 5.41) is 10.4. The minimum atomic E-state index is 0.720. The van der Waals surface area contributed by atoms with Crippen molar-refractivity contribution in [2.45, 2.75) is 6.92 Å². The summed E-state index contributed by atoms with van der Waals surface area (Å²) in [5.74, 6) is 0. The number of rotatable bonds is 4. The number of fused-ring (bicyclic) bond motifs is 1. The van der Waals surface area contributed by atoms with Gasteiger partial charge in [-0.25, -0.2) is 4.98 Å². The van der Waals surface area contributed by atoms with Crippen molar-refractivity contribution in [3.63, 3.8) is 0 Å². The fraction of sp³-hybridized carbons (Fsp3) is 0.0476. The maximum atomic E-state index is 5.94. The third-order valence-corrected chi connectivity index (χ3v) is 5.13. The lowest BCUT2D eigenvalue weighted by Gasteiger charge is -2.04. The molecule has 4 rings (SSSR count). The fourth-order valence-corrected chi connectivity index (χ4v) is 3.48. The van der Waals surface area contributed by atoms with Gasteiger partial charge in [0.05, 0.1) is 11.4 Å². The molecule has 5 heteroatoms. The summed E-state index contributed by atoms with van der Waals surface area (Å²) >= 11 is 7.46. The van der Waals surface area contributed by atoms with E-state index < -0.39 is 0 Å². The van der Waals surface area contributed by atoms with Gasteiger partial charge in [-0.1, -0.05) is 60.1 Å². The lowest BCUT2D eigenvalue weighted by atomic mass is 10.0. The molecule has 1 heterocycles. The summed E-state index contributed by atoms with van der Waals surface area (Å²) in [5.41, 5.74) is 7.01. The Morgan fingerprint density at radius 1 is 1.00 bits per heavy atom. The maximum Gasteiger partial charge on any atom is 0.203 e. The van der Waals surface area contributed by atoms with Crippen LogP contribution in [0.25, 0.3) is 22.0 Å². The molecule has 1 aromatic heterocycles. The summed E-state index contributed by atoms with van der Waals surface area (Å²) in [6, 6.07) is 22.3. The van der Waals surface area contributed by atoms with Crippen LogP contribution < -0.4 is 5.43 Å². The summed E-state index contributed by atoms with van der Waals surface area (Å²) in [6.07, 6.45) is 0. The van der Waals surface area contributed by atoms with E-state index in [0.717, 1.165) is 32.7 Å². The second-order valence-electron chi connectivity index (χ2n) is 5.92. The summed E-state index contributed by atoms with van der Waals surface area (Å²) < 4.78 is 0. The van der Waals surface area contributed by atoms with Crippen molar-refractivity contribution in [3.05, 3.63) is 82.7 Å². The lowest BCUT2D eigenvalue weighted by Crippen LogP contribution is -1.99. The maximum absolute atomic E-state index is 5.94. The largest absolute Gasteiger partial charge is 0.252 e. The summed E-state index contributed by atoms with van der Waals surface area (Å²) in [7, 11) is 0. The molecule has 4 aromatic rings. The van der Waals surface area contributed by atoms with Crippen LogP contribution >= 0.6 is 22.9 Å². The van der Waals surface area contributed by atoms with Gasteiger partial charge < -0.3 is 0 Å². The van der Waals surface area contributed by atoms with Crippen LogP contribution in [0.5, 0.6) is 0 Å². The predicted molar refractivity (Wildman–Crippen MR) is 112 cm³/mol. The molecule has 0 saturated carbocycles. The number of hydrazone groups is 1. The van der Waals surface area contributed by atoms with E-state index >= 15 is 0 Å². The Kier molecular flexibility index (Phi) is 4.69. The number of thiazole rings is 1. The third-order valence-electron chi connectivity index (χ3n) is 4.13. The first-order chi connectivity index (χ1) is 12.7. The fourth-order valence-electron chi connectivity index (χ4n) is 2.69. The molecule has 0 atom stereocenters. The molecule has 0 bridgehead atoms. The van der Waals surface area contributed by atoms with Crippen molar-refractivity contribution in [3.8, 4) is 11.3 Å². The van der Waals surface area contributed by atoms with E-state index in [9.17, 15) is 0 Å². The first-order valence-corrected chi connectivity index (χ1v) is 9.46. The van der Waals surface area contributed by atoms with Crippen LogP contribution in [-0.2, 0) is 0 Å². The molecule has 0 spiro atoms. The number of aromatic nitrogens is 1. The Hall–Kier alpha value is -2.69. The molecule has 3 aromatic carbocycles.